The molecule has 0 aromatic heterocycles. The molecule has 1 aliphatic rings. The summed E-state index contributed by atoms with van der Waals surface area (Å²) in [5.74, 6) is 0. The first-order valence-corrected chi connectivity index (χ1v) is 5.38. The Labute approximate surface area is 98.0 Å². The van der Waals surface area contributed by atoms with Crippen molar-refractivity contribution in [2.45, 2.75) is 6.54 Å². The highest BCUT2D eigenvalue weighted by Crippen LogP contribution is 2.20. The summed E-state index contributed by atoms with van der Waals surface area (Å²) in [6.45, 7) is 1.97. The quantitative estimate of drug-likeness (QED) is 0.853. The number of hydrogen-bond donors (Lipinski definition) is 1. The van der Waals surface area contributed by atoms with E-state index in [1.54, 1.807) is 11.0 Å². The van der Waals surface area contributed by atoms with Gasteiger partial charge in [-0.05, 0) is 23.8 Å². The Hall–Kier alpha value is -0.930. The molecule has 0 aliphatic carbocycles. The van der Waals surface area contributed by atoms with Crippen LogP contribution < -0.4 is 5.32 Å². The molecule has 1 aromatic carbocycles. The second kappa shape index (κ2) is 4.29. The zero-order valence-electron chi connectivity index (χ0n) is 7.96. The van der Waals surface area contributed by atoms with Gasteiger partial charge in [0, 0.05) is 29.7 Å². The van der Waals surface area contributed by atoms with Gasteiger partial charge in [0.1, 0.15) is 0 Å². The van der Waals surface area contributed by atoms with Gasteiger partial charge < -0.3 is 10.2 Å². The smallest absolute Gasteiger partial charge is 0.317 e. The molecule has 1 fully saturated rings. The lowest BCUT2D eigenvalue weighted by Gasteiger charge is -2.14. The molecular formula is C10H10Cl2N2O. The maximum atomic E-state index is 11.3. The van der Waals surface area contributed by atoms with Gasteiger partial charge in [-0.3, -0.25) is 0 Å². The molecule has 1 aliphatic heterocycles. The minimum Gasteiger partial charge on any atom is -0.336 e. The molecule has 1 saturated heterocycles. The van der Waals surface area contributed by atoms with Crippen LogP contribution in [0.1, 0.15) is 5.56 Å². The fraction of sp³-hybridized carbons (Fsp3) is 0.300. The zero-order chi connectivity index (χ0) is 10.8. The molecule has 0 saturated carbocycles. The van der Waals surface area contributed by atoms with Gasteiger partial charge in [0.25, 0.3) is 0 Å². The van der Waals surface area contributed by atoms with Gasteiger partial charge in [-0.1, -0.05) is 23.2 Å². The predicted molar refractivity (Wildman–Crippen MR) is 60.3 cm³/mol. The van der Waals surface area contributed by atoms with Gasteiger partial charge >= 0.3 is 6.03 Å². The van der Waals surface area contributed by atoms with E-state index in [0.717, 1.165) is 12.1 Å². The zero-order valence-corrected chi connectivity index (χ0v) is 9.48. The molecule has 1 aromatic rings. The van der Waals surface area contributed by atoms with Crippen molar-refractivity contribution in [3.8, 4) is 0 Å². The van der Waals surface area contributed by atoms with Crippen molar-refractivity contribution in [1.29, 1.82) is 0 Å². The predicted octanol–water partition coefficient (Wildman–Crippen LogP) is 2.52. The summed E-state index contributed by atoms with van der Waals surface area (Å²) in [6, 6.07) is 5.28. The van der Waals surface area contributed by atoms with Gasteiger partial charge in [0.05, 0.1) is 0 Å². The van der Waals surface area contributed by atoms with Crippen LogP contribution in [0, 0.1) is 0 Å². The Morgan fingerprint density at radius 2 is 1.93 bits per heavy atom. The van der Waals surface area contributed by atoms with Crippen molar-refractivity contribution < 1.29 is 4.79 Å². The van der Waals surface area contributed by atoms with Gasteiger partial charge in [0.2, 0.25) is 0 Å². The third-order valence-electron chi connectivity index (χ3n) is 2.24. The van der Waals surface area contributed by atoms with Crippen molar-refractivity contribution in [3.63, 3.8) is 0 Å². The van der Waals surface area contributed by atoms with E-state index in [2.05, 4.69) is 5.32 Å². The first-order chi connectivity index (χ1) is 7.15. The van der Waals surface area contributed by atoms with Gasteiger partial charge in [-0.15, -0.1) is 0 Å². The highest BCUT2D eigenvalue weighted by Gasteiger charge is 2.19. The molecule has 2 amide bonds. The van der Waals surface area contributed by atoms with Crippen LogP contribution in [-0.2, 0) is 6.54 Å². The molecule has 0 spiro atoms. The molecular weight excluding hydrogens is 235 g/mol. The molecule has 0 radical (unpaired) electrons. The van der Waals surface area contributed by atoms with E-state index < -0.39 is 0 Å². The Kier molecular flexibility index (Phi) is 3.03. The molecule has 5 heteroatoms. The van der Waals surface area contributed by atoms with Crippen molar-refractivity contribution in [1.82, 2.24) is 10.2 Å². The number of rotatable bonds is 2. The number of hydrogen-bond acceptors (Lipinski definition) is 1. The molecule has 0 unspecified atom stereocenters. The number of amides is 2. The molecule has 0 atom stereocenters. The summed E-state index contributed by atoms with van der Waals surface area (Å²) in [6.07, 6.45) is 0. The summed E-state index contributed by atoms with van der Waals surface area (Å²) in [5.41, 5.74) is 0.949. The summed E-state index contributed by atoms with van der Waals surface area (Å²) < 4.78 is 0. The number of benzene rings is 1. The number of urea groups is 1. The molecule has 1 heterocycles. The topological polar surface area (TPSA) is 32.3 Å². The lowest BCUT2D eigenvalue weighted by atomic mass is 10.2. The molecule has 3 nitrogen and oxygen atoms in total. The maximum absolute atomic E-state index is 11.3. The first kappa shape index (κ1) is 10.6. The van der Waals surface area contributed by atoms with Crippen LogP contribution in [0.5, 0.6) is 0 Å². The van der Waals surface area contributed by atoms with Crippen molar-refractivity contribution in [2.75, 3.05) is 13.1 Å². The van der Waals surface area contributed by atoms with Crippen LogP contribution in [0.15, 0.2) is 18.2 Å². The summed E-state index contributed by atoms with van der Waals surface area (Å²) in [5, 5.41) is 3.93. The largest absolute Gasteiger partial charge is 0.336 e. The maximum Gasteiger partial charge on any atom is 0.317 e. The number of nitrogens with one attached hydrogen (secondary N) is 1. The Balaban J connectivity index is 2.13. The van der Waals surface area contributed by atoms with E-state index in [1.807, 2.05) is 12.1 Å². The first-order valence-electron chi connectivity index (χ1n) is 4.63. The van der Waals surface area contributed by atoms with Gasteiger partial charge in [-0.25, -0.2) is 4.79 Å². The number of carbonyl (C=O) groups excluding carboxylic acids is 1. The molecule has 80 valence electrons. The minimum absolute atomic E-state index is 0.0360. The normalized spacial score (nSPS) is 15.6. The lowest BCUT2D eigenvalue weighted by Crippen LogP contribution is -2.27. The Morgan fingerprint density at radius 1 is 1.27 bits per heavy atom. The minimum atomic E-state index is -0.0360. The fourth-order valence-corrected chi connectivity index (χ4v) is 2.16. The van der Waals surface area contributed by atoms with Crippen LogP contribution in [0.2, 0.25) is 10.0 Å². The Bertz CT molecular complexity index is 375. The average Bonchev–Trinajstić information content (AvgIpc) is 2.50. The van der Waals surface area contributed by atoms with Crippen molar-refractivity contribution >= 4 is 29.2 Å². The number of carbonyl (C=O) groups is 1. The van der Waals surface area contributed by atoms with Crippen molar-refractivity contribution in [2.24, 2.45) is 0 Å². The summed E-state index contributed by atoms with van der Waals surface area (Å²) in [7, 11) is 0. The molecule has 0 bridgehead atoms. The highest BCUT2D eigenvalue weighted by atomic mass is 35.5. The van der Waals surface area contributed by atoms with E-state index in [-0.39, 0.29) is 6.03 Å². The standard InChI is InChI=1S/C10H10Cl2N2O/c11-8-3-7(4-9(12)5-8)6-14-2-1-13-10(14)15/h3-5H,1-2,6H2,(H,13,15). The van der Waals surface area contributed by atoms with Crippen LogP contribution in [0.4, 0.5) is 4.79 Å². The van der Waals surface area contributed by atoms with E-state index >= 15 is 0 Å². The Morgan fingerprint density at radius 3 is 2.47 bits per heavy atom. The van der Waals surface area contributed by atoms with Crippen LogP contribution in [0.3, 0.4) is 0 Å². The lowest BCUT2D eigenvalue weighted by molar-refractivity contribution is 0.215. The molecule has 2 rings (SSSR count). The fourth-order valence-electron chi connectivity index (χ4n) is 1.58. The van der Waals surface area contributed by atoms with Crippen molar-refractivity contribution in [3.05, 3.63) is 33.8 Å². The van der Waals surface area contributed by atoms with E-state index in [9.17, 15) is 4.79 Å². The number of halogens is 2. The molecule has 15 heavy (non-hydrogen) atoms. The SMILES string of the molecule is O=C1NCCN1Cc1cc(Cl)cc(Cl)c1. The number of nitrogens with zero attached hydrogens (tertiary/aromatic N) is 1. The summed E-state index contributed by atoms with van der Waals surface area (Å²) in [4.78, 5) is 13.0. The second-order valence-electron chi connectivity index (χ2n) is 3.43. The second-order valence-corrected chi connectivity index (χ2v) is 4.30. The van der Waals surface area contributed by atoms with Crippen LogP contribution in [-0.4, -0.2) is 24.0 Å². The van der Waals surface area contributed by atoms with E-state index in [0.29, 0.717) is 23.1 Å². The monoisotopic (exact) mass is 244 g/mol. The van der Waals surface area contributed by atoms with Gasteiger partial charge in [-0.2, -0.15) is 0 Å². The van der Waals surface area contributed by atoms with E-state index in [4.69, 9.17) is 23.2 Å². The molecule has 1 N–H and O–H groups in total. The highest BCUT2D eigenvalue weighted by molar-refractivity contribution is 6.34. The third-order valence-corrected chi connectivity index (χ3v) is 2.68. The van der Waals surface area contributed by atoms with E-state index in [1.165, 1.54) is 0 Å². The van der Waals surface area contributed by atoms with Gasteiger partial charge in [0.15, 0.2) is 0 Å². The van der Waals surface area contributed by atoms with Crippen LogP contribution in [0.25, 0.3) is 0 Å². The third kappa shape index (κ3) is 2.55. The van der Waals surface area contributed by atoms with Crippen LogP contribution >= 0.6 is 23.2 Å². The summed E-state index contributed by atoms with van der Waals surface area (Å²) >= 11 is 11.7. The average molecular weight is 245 g/mol.